The highest BCUT2D eigenvalue weighted by Gasteiger charge is 2.40. The Balaban J connectivity index is 1.54. The first-order valence-corrected chi connectivity index (χ1v) is 9.88. The largest absolute Gasteiger partial charge is 0.489 e. The van der Waals surface area contributed by atoms with Crippen LogP contribution in [0.5, 0.6) is 5.75 Å². The molecule has 2 N–H and O–H groups in total. The summed E-state index contributed by atoms with van der Waals surface area (Å²) in [5, 5.41) is 1.68. The van der Waals surface area contributed by atoms with E-state index in [0.29, 0.717) is 40.4 Å². The number of amides is 2. The number of ether oxygens (including phenoxy) is 1. The van der Waals surface area contributed by atoms with Gasteiger partial charge in [0.25, 0.3) is 5.91 Å². The summed E-state index contributed by atoms with van der Waals surface area (Å²) in [5.74, 6) is 5.57. The van der Waals surface area contributed by atoms with Gasteiger partial charge in [0, 0.05) is 29.8 Å². The average molecular weight is 432 g/mol. The van der Waals surface area contributed by atoms with Gasteiger partial charge in [0.05, 0.1) is 10.0 Å². The van der Waals surface area contributed by atoms with Crippen molar-refractivity contribution < 1.29 is 14.3 Å². The number of carbonyl (C=O) groups excluding carboxylic acids is 2. The Labute approximate surface area is 178 Å². The van der Waals surface area contributed by atoms with Crippen LogP contribution in [0, 0.1) is 0 Å². The van der Waals surface area contributed by atoms with Crippen LogP contribution in [-0.4, -0.2) is 27.8 Å². The summed E-state index contributed by atoms with van der Waals surface area (Å²) in [5.41, 5.74) is 3.49. The fourth-order valence-corrected chi connectivity index (χ4v) is 4.04. The van der Waals surface area contributed by atoms with Crippen LogP contribution >= 0.6 is 23.2 Å². The van der Waals surface area contributed by atoms with Crippen molar-refractivity contribution in [1.82, 2.24) is 9.91 Å². The summed E-state index contributed by atoms with van der Waals surface area (Å²) in [6, 6.07) is 10.6. The van der Waals surface area contributed by atoms with Gasteiger partial charge in [-0.2, -0.15) is 0 Å². The molecular formula is C21H19Cl2N3O3. The summed E-state index contributed by atoms with van der Waals surface area (Å²) in [6.07, 6.45) is 0.644. The molecule has 4 rings (SSSR count). The Hall–Kier alpha value is -2.54. The molecule has 1 fully saturated rings. The lowest BCUT2D eigenvalue weighted by Crippen LogP contribution is -2.55. The zero-order chi connectivity index (χ0) is 20.7. The third-order valence-corrected chi connectivity index (χ3v) is 6.04. The highest BCUT2D eigenvalue weighted by molar-refractivity contribution is 6.42. The number of benzene rings is 2. The van der Waals surface area contributed by atoms with Crippen LogP contribution in [0.3, 0.4) is 0 Å². The second-order valence-electron chi connectivity index (χ2n) is 7.05. The summed E-state index contributed by atoms with van der Waals surface area (Å²) in [4.78, 5) is 26.1. The molecule has 1 unspecified atom stereocenters. The smallest absolute Gasteiger partial charge is 0.266 e. The number of imide groups is 1. The van der Waals surface area contributed by atoms with Gasteiger partial charge in [-0.1, -0.05) is 48.0 Å². The van der Waals surface area contributed by atoms with E-state index in [1.165, 1.54) is 0 Å². The number of nitrogens with two attached hydrogens (primary N) is 1. The standard InChI is InChI=1S/C21H19Cl2N3O3/c1-12-14-3-2-4-19(29-11-13-5-6-16(22)17(23)9-13)15(14)10-25(12)18-7-8-20(27)26(24)21(18)28/h2-6,9,18H,1,7-8,10-11,24H2. The van der Waals surface area contributed by atoms with Crippen LogP contribution in [0.1, 0.15) is 29.5 Å². The Morgan fingerprint density at radius 2 is 1.97 bits per heavy atom. The van der Waals surface area contributed by atoms with Gasteiger partial charge >= 0.3 is 0 Å². The van der Waals surface area contributed by atoms with Crippen molar-refractivity contribution in [2.24, 2.45) is 5.84 Å². The minimum atomic E-state index is -0.513. The Bertz CT molecular complexity index is 1020. The highest BCUT2D eigenvalue weighted by atomic mass is 35.5. The third kappa shape index (κ3) is 3.59. The quantitative estimate of drug-likeness (QED) is 0.453. The lowest BCUT2D eigenvalue weighted by atomic mass is 10.0. The van der Waals surface area contributed by atoms with Crippen molar-refractivity contribution >= 4 is 40.7 Å². The van der Waals surface area contributed by atoms with Crippen LogP contribution < -0.4 is 10.6 Å². The Morgan fingerprint density at radius 3 is 2.72 bits per heavy atom. The summed E-state index contributed by atoms with van der Waals surface area (Å²) < 4.78 is 6.04. The van der Waals surface area contributed by atoms with E-state index in [-0.39, 0.29) is 12.3 Å². The molecule has 2 heterocycles. The number of carbonyl (C=O) groups is 2. The fraction of sp³-hybridized carbons (Fsp3) is 0.238. The van der Waals surface area contributed by atoms with Crippen LogP contribution in [0.2, 0.25) is 10.0 Å². The molecule has 0 radical (unpaired) electrons. The minimum Gasteiger partial charge on any atom is -0.489 e. The van der Waals surface area contributed by atoms with Crippen molar-refractivity contribution in [3.05, 3.63) is 69.7 Å². The zero-order valence-corrected chi connectivity index (χ0v) is 17.0. The molecule has 2 aromatic rings. The predicted octanol–water partition coefficient (Wildman–Crippen LogP) is 3.75. The molecule has 2 aromatic carbocycles. The summed E-state index contributed by atoms with van der Waals surface area (Å²) in [7, 11) is 0. The van der Waals surface area contributed by atoms with E-state index < -0.39 is 11.9 Å². The molecule has 29 heavy (non-hydrogen) atoms. The number of hydrazine groups is 1. The topological polar surface area (TPSA) is 75.9 Å². The summed E-state index contributed by atoms with van der Waals surface area (Å²) >= 11 is 12.0. The van der Waals surface area contributed by atoms with Crippen LogP contribution in [0.25, 0.3) is 5.70 Å². The van der Waals surface area contributed by atoms with Crippen molar-refractivity contribution in [2.75, 3.05) is 0 Å². The number of hydrogen-bond donors (Lipinski definition) is 1. The van der Waals surface area contributed by atoms with Crippen LogP contribution in [-0.2, 0) is 22.7 Å². The van der Waals surface area contributed by atoms with E-state index in [0.717, 1.165) is 22.4 Å². The molecule has 0 bridgehead atoms. The van der Waals surface area contributed by atoms with Crippen molar-refractivity contribution in [3.63, 3.8) is 0 Å². The SMILES string of the molecule is C=C1c2cccc(OCc3ccc(Cl)c(Cl)c3)c2CN1C1CCC(=O)N(N)C1=O. The van der Waals surface area contributed by atoms with Gasteiger partial charge in [-0.15, -0.1) is 0 Å². The molecule has 0 aromatic heterocycles. The molecule has 0 aliphatic carbocycles. The number of piperidine rings is 1. The lowest BCUT2D eigenvalue weighted by molar-refractivity contribution is -0.152. The fourth-order valence-electron chi connectivity index (χ4n) is 3.72. The lowest BCUT2D eigenvalue weighted by Gasteiger charge is -2.34. The normalized spacial score (nSPS) is 19.0. The molecule has 8 heteroatoms. The predicted molar refractivity (Wildman–Crippen MR) is 111 cm³/mol. The molecular weight excluding hydrogens is 413 g/mol. The van der Waals surface area contributed by atoms with Crippen molar-refractivity contribution in [2.45, 2.75) is 32.0 Å². The first kappa shape index (κ1) is 19.8. The number of hydrogen-bond acceptors (Lipinski definition) is 5. The number of nitrogens with zero attached hydrogens (tertiary/aromatic N) is 2. The Morgan fingerprint density at radius 1 is 1.17 bits per heavy atom. The number of fused-ring (bicyclic) bond motifs is 1. The van der Waals surface area contributed by atoms with E-state index in [2.05, 4.69) is 6.58 Å². The zero-order valence-electron chi connectivity index (χ0n) is 15.5. The maximum Gasteiger partial charge on any atom is 0.266 e. The van der Waals surface area contributed by atoms with Gasteiger partial charge in [-0.3, -0.25) is 9.59 Å². The van der Waals surface area contributed by atoms with Crippen molar-refractivity contribution in [3.8, 4) is 5.75 Å². The van der Waals surface area contributed by atoms with Gasteiger partial charge in [0.1, 0.15) is 18.4 Å². The number of halogens is 2. The second kappa shape index (κ2) is 7.71. The van der Waals surface area contributed by atoms with E-state index in [1.54, 1.807) is 12.1 Å². The summed E-state index contributed by atoms with van der Waals surface area (Å²) in [6.45, 7) is 4.94. The monoisotopic (exact) mass is 431 g/mol. The van der Waals surface area contributed by atoms with E-state index in [9.17, 15) is 9.59 Å². The maximum absolute atomic E-state index is 12.5. The van der Waals surface area contributed by atoms with Gasteiger partial charge in [-0.25, -0.2) is 10.9 Å². The number of rotatable bonds is 4. The molecule has 150 valence electrons. The first-order valence-electron chi connectivity index (χ1n) is 9.13. The van der Waals surface area contributed by atoms with E-state index >= 15 is 0 Å². The first-order chi connectivity index (χ1) is 13.9. The van der Waals surface area contributed by atoms with E-state index in [1.807, 2.05) is 29.2 Å². The van der Waals surface area contributed by atoms with Crippen LogP contribution in [0.15, 0.2) is 43.0 Å². The minimum absolute atomic E-state index is 0.230. The van der Waals surface area contributed by atoms with Crippen LogP contribution in [0.4, 0.5) is 0 Å². The highest BCUT2D eigenvalue weighted by Crippen LogP contribution is 2.40. The Kier molecular flexibility index (Phi) is 5.25. The van der Waals surface area contributed by atoms with Crippen molar-refractivity contribution in [1.29, 1.82) is 0 Å². The van der Waals surface area contributed by atoms with E-state index in [4.69, 9.17) is 33.8 Å². The average Bonchev–Trinajstić information content (AvgIpc) is 3.04. The maximum atomic E-state index is 12.5. The molecule has 2 aliphatic rings. The molecule has 6 nitrogen and oxygen atoms in total. The molecule has 2 aliphatic heterocycles. The second-order valence-corrected chi connectivity index (χ2v) is 7.86. The van der Waals surface area contributed by atoms with Gasteiger partial charge in [0.15, 0.2) is 0 Å². The molecule has 0 saturated carbocycles. The molecule has 1 atom stereocenters. The van der Waals surface area contributed by atoms with Gasteiger partial charge < -0.3 is 9.64 Å². The van der Waals surface area contributed by atoms with Gasteiger partial charge in [-0.05, 0) is 30.2 Å². The van der Waals surface area contributed by atoms with Gasteiger partial charge in [0.2, 0.25) is 5.91 Å². The molecule has 1 saturated heterocycles. The third-order valence-electron chi connectivity index (χ3n) is 5.30. The molecule has 2 amide bonds. The molecule has 0 spiro atoms.